The molecule has 0 atom stereocenters. The van der Waals surface area contributed by atoms with Gasteiger partial charge in [0, 0.05) is 11.1 Å². The van der Waals surface area contributed by atoms with Gasteiger partial charge in [0.25, 0.3) is 0 Å². The third kappa shape index (κ3) is 4.88. The van der Waals surface area contributed by atoms with Gasteiger partial charge in [-0.15, -0.1) is 0 Å². The molecule has 8 rings (SSSR count). The fourth-order valence-corrected chi connectivity index (χ4v) is 12.3. The van der Waals surface area contributed by atoms with Gasteiger partial charge in [-0.1, -0.05) is 121 Å². The zero-order valence-corrected chi connectivity index (χ0v) is 28.0. The van der Waals surface area contributed by atoms with Crippen LogP contribution < -0.4 is 20.7 Å². The van der Waals surface area contributed by atoms with Crippen LogP contribution in [0.25, 0.3) is 43.5 Å². The lowest BCUT2D eigenvalue weighted by atomic mass is 10.0. The number of hydrogen-bond acceptors (Lipinski definition) is 2. The Labute approximate surface area is 291 Å². The molecule has 5 heteroatoms. The SMILES string of the molecule is [C-]#[N+]c1ccc2c(c1)c1cc(C#N)ccc1n2-c1cccc(-c2ccc(C#N)c([Si](c3ccccc3)(c3ccccc3)c3ccccc3)c2)c1. The fraction of sp³-hybridized carbons (Fsp3) is 0. The number of benzene rings is 7. The first kappa shape index (κ1) is 30.4. The molecule has 1 aromatic heterocycles. The van der Waals surface area contributed by atoms with Crippen LogP contribution in [0.5, 0.6) is 0 Å². The van der Waals surface area contributed by atoms with Crippen LogP contribution in [-0.4, -0.2) is 12.6 Å². The van der Waals surface area contributed by atoms with Crippen molar-refractivity contribution in [3.05, 3.63) is 192 Å². The summed E-state index contributed by atoms with van der Waals surface area (Å²) < 4.78 is 2.20. The van der Waals surface area contributed by atoms with E-state index in [9.17, 15) is 10.5 Å². The van der Waals surface area contributed by atoms with Gasteiger partial charge in [-0.05, 0) is 85.8 Å². The van der Waals surface area contributed by atoms with Crippen LogP contribution in [-0.2, 0) is 0 Å². The molecule has 50 heavy (non-hydrogen) atoms. The van der Waals surface area contributed by atoms with Crippen molar-refractivity contribution < 1.29 is 0 Å². The van der Waals surface area contributed by atoms with Crippen molar-refractivity contribution in [2.75, 3.05) is 0 Å². The van der Waals surface area contributed by atoms with E-state index in [0.717, 1.165) is 43.8 Å². The van der Waals surface area contributed by atoms with E-state index in [0.29, 0.717) is 16.8 Å². The Morgan fingerprint density at radius 3 is 1.68 bits per heavy atom. The number of rotatable bonds is 6. The number of hydrogen-bond donors (Lipinski definition) is 0. The van der Waals surface area contributed by atoms with Gasteiger partial charge < -0.3 is 4.57 Å². The summed E-state index contributed by atoms with van der Waals surface area (Å²) in [7, 11) is -2.97. The molecule has 0 saturated carbocycles. The van der Waals surface area contributed by atoms with E-state index in [4.69, 9.17) is 6.57 Å². The van der Waals surface area contributed by atoms with Crippen molar-refractivity contribution in [2.45, 2.75) is 0 Å². The average Bonchev–Trinajstić information content (AvgIpc) is 3.52. The van der Waals surface area contributed by atoms with E-state index < -0.39 is 8.07 Å². The van der Waals surface area contributed by atoms with E-state index in [-0.39, 0.29) is 0 Å². The van der Waals surface area contributed by atoms with Crippen molar-refractivity contribution in [1.82, 2.24) is 4.57 Å². The number of fused-ring (bicyclic) bond motifs is 3. The predicted octanol–water partition coefficient (Wildman–Crippen LogP) is 8.12. The average molecular weight is 653 g/mol. The van der Waals surface area contributed by atoms with Crippen LogP contribution >= 0.6 is 0 Å². The summed E-state index contributed by atoms with van der Waals surface area (Å²) in [6, 6.07) is 62.9. The third-order valence-corrected chi connectivity index (χ3v) is 14.4. The lowest BCUT2D eigenvalue weighted by Gasteiger charge is -2.35. The molecule has 0 saturated heterocycles. The molecule has 0 amide bonds. The Morgan fingerprint density at radius 1 is 0.520 bits per heavy atom. The van der Waals surface area contributed by atoms with Gasteiger partial charge in [0.2, 0.25) is 0 Å². The van der Waals surface area contributed by atoms with Crippen LogP contribution in [0.1, 0.15) is 11.1 Å². The van der Waals surface area contributed by atoms with E-state index in [1.54, 1.807) is 0 Å². The van der Waals surface area contributed by atoms with E-state index in [2.05, 4.69) is 131 Å². The normalized spacial score (nSPS) is 11.1. The molecule has 4 nitrogen and oxygen atoms in total. The summed E-state index contributed by atoms with van der Waals surface area (Å²) in [5.74, 6) is 0. The maximum Gasteiger partial charge on any atom is 0.188 e. The topological polar surface area (TPSA) is 56.9 Å². The maximum absolute atomic E-state index is 10.7. The molecule has 0 aliphatic heterocycles. The quantitative estimate of drug-likeness (QED) is 0.104. The van der Waals surface area contributed by atoms with Gasteiger partial charge in [-0.3, -0.25) is 0 Å². The van der Waals surface area contributed by atoms with Crippen molar-refractivity contribution >= 4 is 56.3 Å². The zero-order valence-electron chi connectivity index (χ0n) is 27.0. The van der Waals surface area contributed by atoms with E-state index in [1.165, 1.54) is 15.6 Å². The number of nitriles is 2. The minimum Gasteiger partial charge on any atom is -0.309 e. The number of nitrogens with zero attached hydrogens (tertiary/aromatic N) is 4. The van der Waals surface area contributed by atoms with Crippen molar-refractivity contribution in [3.8, 4) is 29.0 Å². The monoisotopic (exact) mass is 652 g/mol. The largest absolute Gasteiger partial charge is 0.309 e. The highest BCUT2D eigenvalue weighted by Gasteiger charge is 2.43. The number of aromatic nitrogens is 1. The highest BCUT2D eigenvalue weighted by molar-refractivity contribution is 7.20. The second kappa shape index (κ2) is 12.6. The van der Waals surface area contributed by atoms with Crippen LogP contribution in [0.2, 0.25) is 0 Å². The smallest absolute Gasteiger partial charge is 0.188 e. The first-order valence-electron chi connectivity index (χ1n) is 16.3. The summed E-state index contributed by atoms with van der Waals surface area (Å²) >= 11 is 0. The molecular formula is C45H28N4Si. The van der Waals surface area contributed by atoms with Crippen LogP contribution in [0.4, 0.5) is 5.69 Å². The molecular weight excluding hydrogens is 625 g/mol. The van der Waals surface area contributed by atoms with Gasteiger partial charge in [-0.2, -0.15) is 10.5 Å². The van der Waals surface area contributed by atoms with E-state index in [1.807, 2.05) is 60.7 Å². The standard InChI is InChI=1S/C45H28N4Si/c1-48-36-23-25-44-42(29-36)41-26-32(30-46)20-24-43(41)49(44)37-13-11-12-33(27-37)34-21-22-35(31-47)45(28-34)50(38-14-5-2-6-15-38,39-16-7-3-8-17-39)40-18-9-4-10-19-40/h2-29H. The lowest BCUT2D eigenvalue weighted by molar-refractivity contribution is 1.18. The minimum atomic E-state index is -2.97. The van der Waals surface area contributed by atoms with Crippen LogP contribution in [0.15, 0.2) is 170 Å². The Morgan fingerprint density at radius 2 is 1.10 bits per heavy atom. The van der Waals surface area contributed by atoms with Crippen molar-refractivity contribution in [3.63, 3.8) is 0 Å². The molecule has 0 N–H and O–H groups in total. The summed E-state index contributed by atoms with van der Waals surface area (Å²) in [6.45, 7) is 7.60. The maximum atomic E-state index is 10.7. The second-order valence-corrected chi connectivity index (χ2v) is 16.0. The van der Waals surface area contributed by atoms with Gasteiger partial charge in [0.15, 0.2) is 13.8 Å². The molecule has 0 bridgehead atoms. The first-order valence-corrected chi connectivity index (χ1v) is 18.3. The molecule has 0 unspecified atom stereocenters. The van der Waals surface area contributed by atoms with Crippen molar-refractivity contribution in [1.29, 1.82) is 10.5 Å². The van der Waals surface area contributed by atoms with Crippen molar-refractivity contribution in [2.24, 2.45) is 0 Å². The molecule has 0 aliphatic rings. The molecule has 0 aliphatic carbocycles. The highest BCUT2D eigenvalue weighted by atomic mass is 28.3. The Bertz CT molecular complexity index is 2510. The van der Waals surface area contributed by atoms with Crippen LogP contribution in [0, 0.1) is 29.2 Å². The molecule has 232 valence electrons. The Hall–Kier alpha value is -6.97. The Kier molecular flexibility index (Phi) is 7.63. The molecule has 0 fully saturated rings. The third-order valence-electron chi connectivity index (χ3n) is 9.61. The Balaban J connectivity index is 1.38. The van der Waals surface area contributed by atoms with Gasteiger partial charge in [0.05, 0.1) is 40.9 Å². The first-order chi connectivity index (χ1) is 24.6. The highest BCUT2D eigenvalue weighted by Crippen LogP contribution is 2.36. The molecule has 0 radical (unpaired) electrons. The summed E-state index contributed by atoms with van der Waals surface area (Å²) in [4.78, 5) is 3.67. The van der Waals surface area contributed by atoms with E-state index >= 15 is 0 Å². The summed E-state index contributed by atoms with van der Waals surface area (Å²) in [5, 5.41) is 26.9. The zero-order chi connectivity index (χ0) is 34.1. The van der Waals surface area contributed by atoms with Crippen LogP contribution in [0.3, 0.4) is 0 Å². The summed E-state index contributed by atoms with van der Waals surface area (Å²) in [5.41, 5.74) is 6.72. The fourth-order valence-electron chi connectivity index (χ4n) is 7.42. The lowest BCUT2D eigenvalue weighted by Crippen LogP contribution is -2.75. The van der Waals surface area contributed by atoms with Gasteiger partial charge in [0.1, 0.15) is 0 Å². The minimum absolute atomic E-state index is 0.556. The van der Waals surface area contributed by atoms with Gasteiger partial charge >= 0.3 is 0 Å². The predicted molar refractivity (Wildman–Crippen MR) is 206 cm³/mol. The molecule has 0 spiro atoms. The molecule has 8 aromatic rings. The van der Waals surface area contributed by atoms with Gasteiger partial charge in [-0.25, -0.2) is 4.85 Å². The molecule has 7 aromatic carbocycles. The molecule has 1 heterocycles. The second-order valence-electron chi connectivity index (χ2n) is 12.3. The summed E-state index contributed by atoms with van der Waals surface area (Å²) in [6.07, 6.45) is 0.